The number of hydrogen-bond acceptors (Lipinski definition) is 3. The Kier molecular flexibility index (Phi) is 6.63. The molecule has 148 valence electrons. The van der Waals surface area contributed by atoms with Gasteiger partial charge in [0.15, 0.2) is 0 Å². The van der Waals surface area contributed by atoms with Gasteiger partial charge in [-0.15, -0.1) is 0 Å². The summed E-state index contributed by atoms with van der Waals surface area (Å²) in [6.07, 6.45) is 0. The molecular formula is C24H24N2O3. The molecule has 5 nitrogen and oxygen atoms in total. The standard InChI is InChI=1S/C24H24N2O3/c1-26(2)24(28)21-10-6-9-19(15-21)16-25-23(27)20-11-13-22(14-12-20)29-17-18-7-4-3-5-8-18/h3-15H,16-17H2,1-2H3,(H,25,27). The quantitative estimate of drug-likeness (QED) is 0.668. The van der Waals surface area contributed by atoms with Gasteiger partial charge in [0.25, 0.3) is 11.8 Å². The molecule has 2 amide bonds. The molecule has 0 saturated carbocycles. The molecule has 0 spiro atoms. The molecule has 0 aliphatic rings. The van der Waals surface area contributed by atoms with Crippen LogP contribution in [0.5, 0.6) is 5.75 Å². The fraction of sp³-hybridized carbons (Fsp3) is 0.167. The van der Waals surface area contributed by atoms with Crippen LogP contribution < -0.4 is 10.1 Å². The molecule has 0 bridgehead atoms. The number of nitrogens with zero attached hydrogens (tertiary/aromatic N) is 1. The Hall–Kier alpha value is -3.60. The van der Waals surface area contributed by atoms with Crippen molar-refractivity contribution in [2.75, 3.05) is 14.1 Å². The minimum atomic E-state index is -0.177. The van der Waals surface area contributed by atoms with E-state index in [-0.39, 0.29) is 11.8 Å². The highest BCUT2D eigenvalue weighted by atomic mass is 16.5. The van der Waals surface area contributed by atoms with Crippen molar-refractivity contribution in [3.05, 3.63) is 101 Å². The van der Waals surface area contributed by atoms with Crippen molar-refractivity contribution in [1.29, 1.82) is 0 Å². The van der Waals surface area contributed by atoms with Crippen molar-refractivity contribution >= 4 is 11.8 Å². The average Bonchev–Trinajstić information content (AvgIpc) is 2.76. The molecule has 0 saturated heterocycles. The fourth-order valence-electron chi connectivity index (χ4n) is 2.80. The fourth-order valence-corrected chi connectivity index (χ4v) is 2.80. The lowest BCUT2D eigenvalue weighted by Gasteiger charge is -2.12. The molecule has 3 aromatic carbocycles. The van der Waals surface area contributed by atoms with Gasteiger partial charge in [-0.05, 0) is 47.5 Å². The molecule has 0 atom stereocenters. The number of nitrogens with one attached hydrogen (secondary N) is 1. The van der Waals surface area contributed by atoms with Gasteiger partial charge in [0.1, 0.15) is 12.4 Å². The van der Waals surface area contributed by atoms with Gasteiger partial charge in [-0.1, -0.05) is 42.5 Å². The highest BCUT2D eigenvalue weighted by Crippen LogP contribution is 2.15. The zero-order valence-electron chi connectivity index (χ0n) is 16.6. The van der Waals surface area contributed by atoms with E-state index in [2.05, 4.69) is 5.32 Å². The van der Waals surface area contributed by atoms with Crippen LogP contribution in [-0.2, 0) is 13.2 Å². The average molecular weight is 388 g/mol. The Morgan fingerprint density at radius 1 is 0.828 bits per heavy atom. The zero-order valence-corrected chi connectivity index (χ0v) is 16.6. The summed E-state index contributed by atoms with van der Waals surface area (Å²) >= 11 is 0. The Balaban J connectivity index is 1.54. The molecule has 29 heavy (non-hydrogen) atoms. The Bertz CT molecular complexity index is 967. The highest BCUT2D eigenvalue weighted by molar-refractivity contribution is 5.95. The Labute approximate surface area is 170 Å². The smallest absolute Gasteiger partial charge is 0.253 e. The van der Waals surface area contributed by atoms with Gasteiger partial charge < -0.3 is 15.0 Å². The van der Waals surface area contributed by atoms with Crippen molar-refractivity contribution in [2.24, 2.45) is 0 Å². The van der Waals surface area contributed by atoms with Gasteiger partial charge in [0, 0.05) is 31.8 Å². The van der Waals surface area contributed by atoms with E-state index in [1.165, 1.54) is 4.90 Å². The topological polar surface area (TPSA) is 58.6 Å². The molecule has 0 radical (unpaired) electrons. The third kappa shape index (κ3) is 5.69. The summed E-state index contributed by atoms with van der Waals surface area (Å²) in [6, 6.07) is 24.2. The number of carbonyl (C=O) groups is 2. The van der Waals surface area contributed by atoms with Crippen molar-refractivity contribution in [3.63, 3.8) is 0 Å². The first-order valence-corrected chi connectivity index (χ1v) is 9.38. The molecule has 0 aliphatic heterocycles. The number of ether oxygens (including phenoxy) is 1. The maximum Gasteiger partial charge on any atom is 0.253 e. The van der Waals surface area contributed by atoms with Gasteiger partial charge in [-0.3, -0.25) is 9.59 Å². The van der Waals surface area contributed by atoms with Crippen LogP contribution in [0.2, 0.25) is 0 Å². The second-order valence-electron chi connectivity index (χ2n) is 6.88. The van der Waals surface area contributed by atoms with E-state index in [4.69, 9.17) is 4.74 Å². The normalized spacial score (nSPS) is 10.3. The largest absolute Gasteiger partial charge is 0.489 e. The summed E-state index contributed by atoms with van der Waals surface area (Å²) in [5, 5.41) is 2.88. The number of hydrogen-bond donors (Lipinski definition) is 1. The van der Waals surface area contributed by atoms with E-state index >= 15 is 0 Å². The van der Waals surface area contributed by atoms with Crippen LogP contribution in [0, 0.1) is 0 Å². The zero-order chi connectivity index (χ0) is 20.6. The van der Waals surface area contributed by atoms with Crippen LogP contribution in [-0.4, -0.2) is 30.8 Å². The van der Waals surface area contributed by atoms with Crippen molar-refractivity contribution in [1.82, 2.24) is 10.2 Å². The summed E-state index contributed by atoms with van der Waals surface area (Å²) in [5.41, 5.74) is 3.11. The molecule has 3 rings (SSSR count). The van der Waals surface area contributed by atoms with E-state index in [0.717, 1.165) is 11.1 Å². The first-order chi connectivity index (χ1) is 14.0. The van der Waals surface area contributed by atoms with E-state index in [0.29, 0.717) is 30.0 Å². The van der Waals surface area contributed by atoms with Crippen LogP contribution in [0.1, 0.15) is 31.8 Å². The van der Waals surface area contributed by atoms with Gasteiger partial charge in [0.2, 0.25) is 0 Å². The summed E-state index contributed by atoms with van der Waals surface area (Å²) in [6.45, 7) is 0.827. The van der Waals surface area contributed by atoms with Crippen LogP contribution in [0.15, 0.2) is 78.9 Å². The summed E-state index contributed by atoms with van der Waals surface area (Å²) < 4.78 is 5.74. The first kappa shape index (κ1) is 20.1. The van der Waals surface area contributed by atoms with Gasteiger partial charge in [-0.25, -0.2) is 0 Å². The second-order valence-corrected chi connectivity index (χ2v) is 6.88. The predicted octanol–water partition coefficient (Wildman–Crippen LogP) is 3.90. The van der Waals surface area contributed by atoms with Crippen LogP contribution in [0.25, 0.3) is 0 Å². The number of amides is 2. The molecule has 0 aromatic heterocycles. The highest BCUT2D eigenvalue weighted by Gasteiger charge is 2.10. The van der Waals surface area contributed by atoms with E-state index in [1.807, 2.05) is 42.5 Å². The molecule has 0 fully saturated rings. The Morgan fingerprint density at radius 3 is 2.21 bits per heavy atom. The lowest BCUT2D eigenvalue weighted by atomic mass is 10.1. The summed E-state index contributed by atoms with van der Waals surface area (Å²) in [7, 11) is 3.42. The van der Waals surface area contributed by atoms with Gasteiger partial charge in [0.05, 0.1) is 0 Å². The third-order valence-electron chi connectivity index (χ3n) is 4.40. The van der Waals surface area contributed by atoms with Gasteiger partial charge in [-0.2, -0.15) is 0 Å². The maximum absolute atomic E-state index is 12.4. The number of benzene rings is 3. The predicted molar refractivity (Wildman–Crippen MR) is 113 cm³/mol. The van der Waals surface area contributed by atoms with Crippen molar-refractivity contribution in [2.45, 2.75) is 13.2 Å². The third-order valence-corrected chi connectivity index (χ3v) is 4.40. The lowest BCUT2D eigenvalue weighted by Crippen LogP contribution is -2.24. The molecular weight excluding hydrogens is 364 g/mol. The lowest BCUT2D eigenvalue weighted by molar-refractivity contribution is 0.0827. The molecule has 0 heterocycles. The summed E-state index contributed by atoms with van der Waals surface area (Å²) in [4.78, 5) is 26.0. The van der Waals surface area contributed by atoms with Crippen LogP contribution in [0.3, 0.4) is 0 Å². The molecule has 0 unspecified atom stereocenters. The SMILES string of the molecule is CN(C)C(=O)c1cccc(CNC(=O)c2ccc(OCc3ccccc3)cc2)c1. The molecule has 5 heteroatoms. The Morgan fingerprint density at radius 2 is 1.52 bits per heavy atom. The van der Waals surface area contributed by atoms with E-state index in [1.54, 1.807) is 50.5 Å². The van der Waals surface area contributed by atoms with Crippen LogP contribution >= 0.6 is 0 Å². The molecule has 1 N–H and O–H groups in total. The minimum absolute atomic E-state index is 0.0655. The van der Waals surface area contributed by atoms with Crippen LogP contribution in [0.4, 0.5) is 0 Å². The van der Waals surface area contributed by atoms with Gasteiger partial charge >= 0.3 is 0 Å². The second kappa shape index (κ2) is 9.55. The summed E-state index contributed by atoms with van der Waals surface area (Å²) in [5.74, 6) is 0.466. The van der Waals surface area contributed by atoms with Crippen molar-refractivity contribution in [3.8, 4) is 5.75 Å². The minimum Gasteiger partial charge on any atom is -0.489 e. The van der Waals surface area contributed by atoms with Crippen molar-refractivity contribution < 1.29 is 14.3 Å². The molecule has 0 aliphatic carbocycles. The monoisotopic (exact) mass is 388 g/mol. The number of rotatable bonds is 7. The maximum atomic E-state index is 12.4. The molecule has 3 aromatic rings. The first-order valence-electron chi connectivity index (χ1n) is 9.38. The number of carbonyl (C=O) groups excluding carboxylic acids is 2. The van der Waals surface area contributed by atoms with E-state index in [9.17, 15) is 9.59 Å². The van der Waals surface area contributed by atoms with E-state index < -0.39 is 0 Å².